The highest BCUT2D eigenvalue weighted by Crippen LogP contribution is 2.26. The van der Waals surface area contributed by atoms with Gasteiger partial charge in [-0.15, -0.1) is 0 Å². The number of hydrogen-bond donors (Lipinski definition) is 1. The molecule has 0 radical (unpaired) electrons. The number of nitrogens with one attached hydrogen (secondary N) is 1. The van der Waals surface area contributed by atoms with Gasteiger partial charge < -0.3 is 19.7 Å². The summed E-state index contributed by atoms with van der Waals surface area (Å²) >= 11 is 0. The zero-order valence-corrected chi connectivity index (χ0v) is 18.3. The molecule has 3 heterocycles. The fraction of sp³-hybridized carbons (Fsp3) is 0.500. The van der Waals surface area contributed by atoms with Gasteiger partial charge in [-0.1, -0.05) is 6.92 Å². The van der Waals surface area contributed by atoms with Crippen molar-refractivity contribution in [3.8, 4) is 11.8 Å². The second-order valence-corrected chi connectivity index (χ2v) is 7.67. The van der Waals surface area contributed by atoms with Gasteiger partial charge >= 0.3 is 6.01 Å². The first kappa shape index (κ1) is 21.5. The normalized spacial score (nSPS) is 15.4. The number of benzene rings is 1. The van der Waals surface area contributed by atoms with E-state index in [9.17, 15) is 4.39 Å². The number of ether oxygens (including phenoxy) is 2. The maximum Gasteiger partial charge on any atom is 0.320 e. The molecule has 4 rings (SSSR count). The number of hydrogen-bond acceptors (Lipinski definition) is 7. The summed E-state index contributed by atoms with van der Waals surface area (Å²) in [7, 11) is 1.55. The monoisotopic (exact) mass is 428 g/mol. The van der Waals surface area contributed by atoms with Crippen molar-refractivity contribution in [2.24, 2.45) is 0 Å². The summed E-state index contributed by atoms with van der Waals surface area (Å²) in [4.78, 5) is 11.2. The fourth-order valence-corrected chi connectivity index (χ4v) is 3.80. The molecular weight excluding hydrogens is 399 g/mol. The Labute approximate surface area is 181 Å². The van der Waals surface area contributed by atoms with E-state index in [0.29, 0.717) is 32.0 Å². The molecule has 0 aliphatic carbocycles. The van der Waals surface area contributed by atoms with Gasteiger partial charge in [-0.3, -0.25) is 0 Å². The Morgan fingerprint density at radius 3 is 2.71 bits per heavy atom. The average molecular weight is 429 g/mol. The lowest BCUT2D eigenvalue weighted by atomic mass is 10.0. The highest BCUT2D eigenvalue weighted by molar-refractivity contribution is 5.82. The third kappa shape index (κ3) is 4.77. The molecule has 3 aromatic rings. The molecule has 1 unspecified atom stereocenters. The van der Waals surface area contributed by atoms with Crippen LogP contribution in [-0.2, 0) is 11.2 Å². The van der Waals surface area contributed by atoms with Gasteiger partial charge in [0, 0.05) is 37.5 Å². The van der Waals surface area contributed by atoms with Crippen molar-refractivity contribution in [1.82, 2.24) is 25.1 Å². The second-order valence-electron chi connectivity index (χ2n) is 7.67. The maximum absolute atomic E-state index is 14.4. The van der Waals surface area contributed by atoms with Crippen LogP contribution in [0.4, 0.5) is 10.2 Å². The van der Waals surface area contributed by atoms with Crippen LogP contribution in [0.25, 0.3) is 16.7 Å². The van der Waals surface area contributed by atoms with Crippen molar-refractivity contribution in [2.45, 2.75) is 26.4 Å². The number of nitrogens with zero attached hydrogens (tertiary/aromatic N) is 5. The predicted molar refractivity (Wildman–Crippen MR) is 118 cm³/mol. The Bertz CT molecular complexity index is 1030. The summed E-state index contributed by atoms with van der Waals surface area (Å²) in [5.74, 6) is 1.39. The van der Waals surface area contributed by atoms with Gasteiger partial charge in [-0.25, -0.2) is 9.07 Å². The summed E-state index contributed by atoms with van der Waals surface area (Å²) in [6.07, 6.45) is 1.21. The SMILES string of the molecule is CCNCC(F)Cc1cc2c(cnn2-c2cc(N3CCOCC3)nc(OC)n2)cc1C. The van der Waals surface area contributed by atoms with Gasteiger partial charge in [0.15, 0.2) is 5.82 Å². The Morgan fingerprint density at radius 1 is 1.19 bits per heavy atom. The summed E-state index contributed by atoms with van der Waals surface area (Å²) in [6, 6.07) is 6.25. The Balaban J connectivity index is 1.71. The van der Waals surface area contributed by atoms with Crippen molar-refractivity contribution < 1.29 is 13.9 Å². The van der Waals surface area contributed by atoms with Crippen LogP contribution in [0.1, 0.15) is 18.1 Å². The molecular formula is C22H29FN6O2. The van der Waals surface area contributed by atoms with Gasteiger partial charge in [0.25, 0.3) is 0 Å². The van der Waals surface area contributed by atoms with Gasteiger partial charge in [-0.05, 0) is 36.7 Å². The van der Waals surface area contributed by atoms with Gasteiger partial charge in [0.2, 0.25) is 0 Å². The van der Waals surface area contributed by atoms with E-state index < -0.39 is 6.17 Å². The minimum atomic E-state index is -0.945. The number of rotatable bonds is 8. The lowest BCUT2D eigenvalue weighted by molar-refractivity contribution is 0.122. The zero-order valence-electron chi connectivity index (χ0n) is 18.3. The van der Waals surface area contributed by atoms with E-state index in [2.05, 4.69) is 31.3 Å². The maximum atomic E-state index is 14.4. The van der Waals surface area contributed by atoms with Gasteiger partial charge in [0.05, 0.1) is 32.0 Å². The van der Waals surface area contributed by atoms with E-state index in [1.54, 1.807) is 18.0 Å². The third-order valence-corrected chi connectivity index (χ3v) is 5.50. The Morgan fingerprint density at radius 2 is 1.97 bits per heavy atom. The lowest BCUT2D eigenvalue weighted by Gasteiger charge is -2.28. The molecule has 8 nitrogen and oxygen atoms in total. The summed E-state index contributed by atoms with van der Waals surface area (Å²) in [5.41, 5.74) is 2.90. The molecule has 0 saturated carbocycles. The topological polar surface area (TPSA) is 77.3 Å². The minimum absolute atomic E-state index is 0.282. The van der Waals surface area contributed by atoms with Crippen LogP contribution in [-0.4, -0.2) is 72.4 Å². The van der Waals surface area contributed by atoms with E-state index in [1.165, 1.54) is 0 Å². The quantitative estimate of drug-likeness (QED) is 0.591. The predicted octanol–water partition coefficient (Wildman–Crippen LogP) is 2.46. The smallest absolute Gasteiger partial charge is 0.320 e. The van der Waals surface area contributed by atoms with E-state index >= 15 is 0 Å². The molecule has 1 aliphatic heterocycles. The Hall–Kier alpha value is -2.78. The molecule has 0 amide bonds. The number of aromatic nitrogens is 4. The third-order valence-electron chi connectivity index (χ3n) is 5.50. The number of aryl methyl sites for hydroxylation is 1. The van der Waals surface area contributed by atoms with Crippen LogP contribution in [0, 0.1) is 6.92 Å². The van der Waals surface area contributed by atoms with Crippen molar-refractivity contribution >= 4 is 16.7 Å². The fourth-order valence-electron chi connectivity index (χ4n) is 3.80. The number of fused-ring (bicyclic) bond motifs is 1. The number of morpholine rings is 1. The van der Waals surface area contributed by atoms with Crippen LogP contribution in [0.5, 0.6) is 6.01 Å². The van der Waals surface area contributed by atoms with Crippen molar-refractivity contribution in [3.63, 3.8) is 0 Å². The van der Waals surface area contributed by atoms with Gasteiger partial charge in [0.1, 0.15) is 12.0 Å². The molecule has 1 N–H and O–H groups in total. The molecule has 1 atom stereocenters. The molecule has 0 bridgehead atoms. The van der Waals surface area contributed by atoms with Crippen LogP contribution in [0.3, 0.4) is 0 Å². The summed E-state index contributed by atoms with van der Waals surface area (Å²) < 4.78 is 27.0. The van der Waals surface area contributed by atoms with E-state index in [4.69, 9.17) is 9.47 Å². The van der Waals surface area contributed by atoms with E-state index in [-0.39, 0.29) is 6.01 Å². The summed E-state index contributed by atoms with van der Waals surface area (Å²) in [5, 5.41) is 8.61. The average Bonchev–Trinajstić information content (AvgIpc) is 3.20. The van der Waals surface area contributed by atoms with E-state index in [0.717, 1.165) is 47.5 Å². The standard InChI is InChI=1S/C22H29FN6O2/c1-4-24-14-18(23)10-16-11-19-17(9-15(16)2)13-25-29(19)21-12-20(26-22(27-21)30-3)28-5-7-31-8-6-28/h9,11-13,18,24H,4-8,10,14H2,1-3H3. The van der Waals surface area contributed by atoms with Crippen LogP contribution < -0.4 is 15.0 Å². The highest BCUT2D eigenvalue weighted by Gasteiger charge is 2.18. The van der Waals surface area contributed by atoms with Crippen molar-refractivity contribution in [2.75, 3.05) is 51.4 Å². The highest BCUT2D eigenvalue weighted by atomic mass is 19.1. The number of methoxy groups -OCH3 is 1. The number of alkyl halides is 1. The van der Waals surface area contributed by atoms with Crippen LogP contribution in [0.2, 0.25) is 0 Å². The first-order valence-electron chi connectivity index (χ1n) is 10.7. The van der Waals surface area contributed by atoms with Crippen LogP contribution >= 0.6 is 0 Å². The van der Waals surface area contributed by atoms with Gasteiger partial charge in [-0.2, -0.15) is 15.1 Å². The molecule has 1 aliphatic rings. The second kappa shape index (κ2) is 9.57. The molecule has 1 saturated heterocycles. The molecule has 166 valence electrons. The summed E-state index contributed by atoms with van der Waals surface area (Å²) in [6.45, 7) is 7.92. The van der Waals surface area contributed by atoms with Crippen molar-refractivity contribution in [3.05, 3.63) is 35.5 Å². The molecule has 9 heteroatoms. The largest absolute Gasteiger partial charge is 0.467 e. The minimum Gasteiger partial charge on any atom is -0.467 e. The molecule has 1 aromatic carbocycles. The molecule has 31 heavy (non-hydrogen) atoms. The molecule has 2 aromatic heterocycles. The first-order valence-corrected chi connectivity index (χ1v) is 10.7. The van der Waals surface area contributed by atoms with Crippen LogP contribution in [0.15, 0.2) is 24.4 Å². The number of anilines is 1. The number of halogens is 1. The first-order chi connectivity index (χ1) is 15.1. The van der Waals surface area contributed by atoms with Crippen molar-refractivity contribution in [1.29, 1.82) is 0 Å². The zero-order chi connectivity index (χ0) is 21.8. The molecule has 0 spiro atoms. The Kier molecular flexibility index (Phi) is 6.62. The molecule has 1 fully saturated rings. The van der Waals surface area contributed by atoms with E-state index in [1.807, 2.05) is 26.0 Å². The lowest BCUT2D eigenvalue weighted by Crippen LogP contribution is -2.36.